The Balaban J connectivity index is 2.28. The molecule has 0 amide bonds. The van der Waals surface area contributed by atoms with Crippen molar-refractivity contribution in [1.29, 1.82) is 0 Å². The van der Waals surface area contributed by atoms with E-state index in [4.69, 9.17) is 11.6 Å². The summed E-state index contributed by atoms with van der Waals surface area (Å²) < 4.78 is 26.9. The summed E-state index contributed by atoms with van der Waals surface area (Å²) in [5.74, 6) is -1.58. The minimum atomic E-state index is -0.587. The van der Waals surface area contributed by atoms with Crippen molar-refractivity contribution in [3.05, 3.63) is 69.7 Å². The highest BCUT2D eigenvalue weighted by atomic mass is 35.5. The van der Waals surface area contributed by atoms with Crippen molar-refractivity contribution in [1.82, 2.24) is 0 Å². The largest absolute Gasteiger partial charge is 0.294 e. The number of rotatable bonds is 3. The van der Waals surface area contributed by atoms with Crippen molar-refractivity contribution >= 4 is 17.4 Å². The fourth-order valence-corrected chi connectivity index (χ4v) is 1.99. The summed E-state index contributed by atoms with van der Waals surface area (Å²) in [5, 5.41) is -0.0941. The first-order valence-electron chi connectivity index (χ1n) is 5.71. The molecule has 0 aliphatic carbocycles. The van der Waals surface area contributed by atoms with E-state index >= 15 is 0 Å². The highest BCUT2D eigenvalue weighted by Gasteiger charge is 2.15. The fourth-order valence-electron chi connectivity index (χ4n) is 1.80. The van der Waals surface area contributed by atoms with Gasteiger partial charge in [-0.2, -0.15) is 0 Å². The molecule has 0 aliphatic heterocycles. The molecule has 0 N–H and O–H groups in total. The standard InChI is InChI=1S/C15H11ClF2O/c1-9-5-6-11(13(18)7-9)14(19)8-10-3-2-4-12(17)15(10)16/h2-7H,8H2,1H3. The lowest BCUT2D eigenvalue weighted by molar-refractivity contribution is 0.0989. The van der Waals surface area contributed by atoms with Gasteiger partial charge in [-0.15, -0.1) is 0 Å². The molecular formula is C15H11ClF2O. The number of hydrogen-bond donors (Lipinski definition) is 0. The Morgan fingerprint density at radius 1 is 1.16 bits per heavy atom. The minimum absolute atomic E-state index is 0.00840. The minimum Gasteiger partial charge on any atom is -0.294 e. The smallest absolute Gasteiger partial charge is 0.170 e. The third kappa shape index (κ3) is 2.99. The van der Waals surface area contributed by atoms with E-state index in [9.17, 15) is 13.6 Å². The quantitative estimate of drug-likeness (QED) is 0.764. The summed E-state index contributed by atoms with van der Waals surface area (Å²) in [5.41, 5.74) is 1.08. The molecule has 0 fully saturated rings. The maximum atomic E-state index is 13.7. The van der Waals surface area contributed by atoms with Gasteiger partial charge in [-0.3, -0.25) is 4.79 Å². The Kier molecular flexibility index (Phi) is 3.96. The van der Waals surface area contributed by atoms with E-state index in [1.807, 2.05) is 0 Å². The van der Waals surface area contributed by atoms with Crippen LogP contribution in [0.5, 0.6) is 0 Å². The number of Topliss-reactive ketones (excluding diaryl/α,β-unsaturated/α-hetero) is 1. The van der Waals surface area contributed by atoms with E-state index in [2.05, 4.69) is 0 Å². The Morgan fingerprint density at radius 2 is 1.89 bits per heavy atom. The molecule has 1 nitrogen and oxygen atoms in total. The van der Waals surface area contributed by atoms with Gasteiger partial charge in [0.05, 0.1) is 10.6 Å². The van der Waals surface area contributed by atoms with E-state index < -0.39 is 17.4 Å². The number of benzene rings is 2. The van der Waals surface area contributed by atoms with Gasteiger partial charge < -0.3 is 0 Å². The Bertz CT molecular complexity index is 638. The van der Waals surface area contributed by atoms with Crippen molar-refractivity contribution in [3.8, 4) is 0 Å². The Hall–Kier alpha value is -1.74. The van der Waals surface area contributed by atoms with Gasteiger partial charge in [-0.1, -0.05) is 29.8 Å². The van der Waals surface area contributed by atoms with E-state index in [-0.39, 0.29) is 17.0 Å². The first-order valence-corrected chi connectivity index (χ1v) is 6.09. The molecule has 0 heterocycles. The molecule has 0 radical (unpaired) electrons. The summed E-state index contributed by atoms with van der Waals surface area (Å²) in [6.45, 7) is 1.74. The van der Waals surface area contributed by atoms with Crippen LogP contribution in [0.2, 0.25) is 5.02 Å². The lowest BCUT2D eigenvalue weighted by Crippen LogP contribution is -2.07. The molecule has 0 aromatic heterocycles. The summed E-state index contributed by atoms with van der Waals surface area (Å²) in [6.07, 6.45) is -0.128. The zero-order valence-corrected chi connectivity index (χ0v) is 11.0. The molecule has 0 spiro atoms. The van der Waals surface area contributed by atoms with Crippen molar-refractivity contribution in [3.63, 3.8) is 0 Å². The highest BCUT2D eigenvalue weighted by Crippen LogP contribution is 2.22. The van der Waals surface area contributed by atoms with Crippen LogP contribution in [0.15, 0.2) is 36.4 Å². The van der Waals surface area contributed by atoms with Crippen LogP contribution in [-0.4, -0.2) is 5.78 Å². The van der Waals surface area contributed by atoms with Crippen LogP contribution in [0.3, 0.4) is 0 Å². The highest BCUT2D eigenvalue weighted by molar-refractivity contribution is 6.31. The second-order valence-electron chi connectivity index (χ2n) is 4.30. The van der Waals surface area contributed by atoms with E-state index in [0.29, 0.717) is 5.56 Å². The van der Waals surface area contributed by atoms with Gasteiger partial charge in [0.25, 0.3) is 0 Å². The van der Waals surface area contributed by atoms with E-state index in [1.54, 1.807) is 19.1 Å². The molecule has 0 atom stereocenters. The van der Waals surface area contributed by atoms with Gasteiger partial charge in [0, 0.05) is 6.42 Å². The van der Waals surface area contributed by atoms with Crippen molar-refractivity contribution in [2.24, 2.45) is 0 Å². The summed E-state index contributed by atoms with van der Waals surface area (Å²) >= 11 is 5.77. The van der Waals surface area contributed by atoms with Gasteiger partial charge in [-0.25, -0.2) is 8.78 Å². The average molecular weight is 281 g/mol. The van der Waals surface area contributed by atoms with Crippen LogP contribution < -0.4 is 0 Å². The molecule has 0 saturated carbocycles. The van der Waals surface area contributed by atoms with E-state index in [0.717, 1.165) is 5.56 Å². The molecule has 0 unspecified atom stereocenters. The van der Waals surface area contributed by atoms with Crippen LogP contribution in [-0.2, 0) is 6.42 Å². The van der Waals surface area contributed by atoms with Gasteiger partial charge in [0.15, 0.2) is 5.78 Å². The zero-order valence-electron chi connectivity index (χ0n) is 10.2. The normalized spacial score (nSPS) is 10.5. The predicted molar refractivity (Wildman–Crippen MR) is 70.6 cm³/mol. The zero-order chi connectivity index (χ0) is 14.0. The summed E-state index contributed by atoms with van der Waals surface area (Å²) in [7, 11) is 0. The number of ketones is 1. The second kappa shape index (κ2) is 5.49. The Labute approximate surface area is 114 Å². The molecule has 0 saturated heterocycles. The number of carbonyl (C=O) groups excluding carboxylic acids is 1. The number of carbonyl (C=O) groups is 1. The third-order valence-electron chi connectivity index (χ3n) is 2.81. The molecule has 0 aliphatic rings. The number of aryl methyl sites for hydroxylation is 1. The van der Waals surface area contributed by atoms with Gasteiger partial charge in [0.2, 0.25) is 0 Å². The first-order chi connectivity index (χ1) is 8.99. The number of halogens is 3. The predicted octanol–water partition coefficient (Wildman–Crippen LogP) is 4.35. The topological polar surface area (TPSA) is 17.1 Å². The van der Waals surface area contributed by atoms with Crippen LogP contribution in [0.1, 0.15) is 21.5 Å². The van der Waals surface area contributed by atoms with Crippen LogP contribution in [0, 0.1) is 18.6 Å². The monoisotopic (exact) mass is 280 g/mol. The average Bonchev–Trinajstić information content (AvgIpc) is 2.34. The van der Waals surface area contributed by atoms with Crippen LogP contribution in [0.4, 0.5) is 8.78 Å². The van der Waals surface area contributed by atoms with Crippen LogP contribution >= 0.6 is 11.6 Å². The molecule has 2 aromatic carbocycles. The molecular weight excluding hydrogens is 270 g/mol. The SMILES string of the molecule is Cc1ccc(C(=O)Cc2cccc(F)c2Cl)c(F)c1. The molecule has 4 heteroatoms. The number of hydrogen-bond acceptors (Lipinski definition) is 1. The maximum Gasteiger partial charge on any atom is 0.170 e. The summed E-state index contributed by atoms with van der Waals surface area (Å²) in [4.78, 5) is 12.0. The third-order valence-corrected chi connectivity index (χ3v) is 3.23. The van der Waals surface area contributed by atoms with Gasteiger partial charge >= 0.3 is 0 Å². The van der Waals surface area contributed by atoms with E-state index in [1.165, 1.54) is 24.3 Å². The molecule has 2 rings (SSSR count). The molecule has 0 bridgehead atoms. The second-order valence-corrected chi connectivity index (χ2v) is 4.67. The van der Waals surface area contributed by atoms with Crippen molar-refractivity contribution in [2.45, 2.75) is 13.3 Å². The van der Waals surface area contributed by atoms with Crippen molar-refractivity contribution < 1.29 is 13.6 Å². The first kappa shape index (κ1) is 13.7. The molecule has 19 heavy (non-hydrogen) atoms. The Morgan fingerprint density at radius 3 is 2.58 bits per heavy atom. The lowest BCUT2D eigenvalue weighted by Gasteiger charge is -2.06. The van der Waals surface area contributed by atoms with Gasteiger partial charge in [-0.05, 0) is 36.2 Å². The molecule has 98 valence electrons. The summed E-state index contributed by atoms with van der Waals surface area (Å²) in [6, 6.07) is 8.61. The molecule has 2 aromatic rings. The maximum absolute atomic E-state index is 13.7. The van der Waals surface area contributed by atoms with Crippen molar-refractivity contribution in [2.75, 3.05) is 0 Å². The lowest BCUT2D eigenvalue weighted by atomic mass is 10.0. The van der Waals surface area contributed by atoms with Crippen LogP contribution in [0.25, 0.3) is 0 Å². The van der Waals surface area contributed by atoms with Gasteiger partial charge in [0.1, 0.15) is 11.6 Å². The fraction of sp³-hybridized carbons (Fsp3) is 0.133.